The van der Waals surface area contributed by atoms with Gasteiger partial charge in [0.2, 0.25) is 5.96 Å². The van der Waals surface area contributed by atoms with Gasteiger partial charge in [-0.25, -0.2) is 14.8 Å². The summed E-state index contributed by atoms with van der Waals surface area (Å²) in [4.78, 5) is 11.2. The fourth-order valence-corrected chi connectivity index (χ4v) is 4.64. The van der Waals surface area contributed by atoms with E-state index in [9.17, 15) is 35.1 Å². The van der Waals surface area contributed by atoms with Crippen LogP contribution < -0.4 is 15.5 Å². The van der Waals surface area contributed by atoms with E-state index in [0.29, 0.717) is 51.0 Å². The fraction of sp³-hybridized carbons (Fsp3) is 0.423. The van der Waals surface area contributed by atoms with Gasteiger partial charge in [-0.05, 0) is 42.3 Å². The Labute approximate surface area is 234 Å². The van der Waals surface area contributed by atoms with Crippen LogP contribution in [0.25, 0.3) is 0 Å². The Bertz CT molecular complexity index is 1390. The topological polar surface area (TPSA) is 82.8 Å². The van der Waals surface area contributed by atoms with Crippen LogP contribution in [0.2, 0.25) is 0 Å². The number of ether oxygens (including phenoxy) is 2. The van der Waals surface area contributed by atoms with Gasteiger partial charge in [0.05, 0.1) is 25.0 Å². The van der Waals surface area contributed by atoms with Crippen molar-refractivity contribution in [2.45, 2.75) is 37.2 Å². The Morgan fingerprint density at radius 3 is 2.57 bits per heavy atom. The van der Waals surface area contributed by atoms with Crippen molar-refractivity contribution in [2.24, 2.45) is 21.0 Å². The van der Waals surface area contributed by atoms with E-state index in [1.165, 1.54) is 24.4 Å². The van der Waals surface area contributed by atoms with Crippen molar-refractivity contribution in [3.63, 3.8) is 0 Å². The molecule has 2 aromatic carbocycles. The quantitative estimate of drug-likeness (QED) is 0.254. The summed E-state index contributed by atoms with van der Waals surface area (Å²) in [6, 6.07) is 7.53. The number of hydrazone groups is 1. The highest BCUT2D eigenvalue weighted by Crippen LogP contribution is 2.51. The second-order valence-corrected chi connectivity index (χ2v) is 9.82. The largest absolute Gasteiger partial charge is 0.461 e. The summed E-state index contributed by atoms with van der Waals surface area (Å²) in [7, 11) is 0. The predicted molar refractivity (Wildman–Crippen MR) is 136 cm³/mol. The van der Waals surface area contributed by atoms with Crippen LogP contribution in [0, 0.1) is 11.7 Å². The smallest absolute Gasteiger partial charge is 0.428 e. The molecule has 1 saturated heterocycles. The standard InChI is InChI=1S/C26H24F8N6O2/c27-20-5-4-17(12-19(20)25(30,31)32)37-24-13-16(24)11-21(40-6-8-41-9-7-40)36-23(38-24)39-35-14-15-2-1-3-18(10-15)42-26(33,34)22(28)29/h1-5,10,12,14,16,22,37H,6-9,11,13H2,(H,38,39)/b35-14+. The molecule has 226 valence electrons. The number of morpholine rings is 1. The van der Waals surface area contributed by atoms with Gasteiger partial charge in [0.25, 0.3) is 0 Å². The molecule has 3 aliphatic rings. The molecule has 0 amide bonds. The number of alkyl halides is 7. The fourth-order valence-electron chi connectivity index (χ4n) is 4.64. The van der Waals surface area contributed by atoms with E-state index in [1.807, 2.05) is 4.90 Å². The number of nitrogens with zero attached hydrogens (tertiary/aromatic N) is 4. The van der Waals surface area contributed by atoms with Crippen molar-refractivity contribution in [3.8, 4) is 5.75 Å². The number of aliphatic imine (C=N–C) groups is 2. The van der Waals surface area contributed by atoms with E-state index in [4.69, 9.17) is 4.74 Å². The summed E-state index contributed by atoms with van der Waals surface area (Å²) in [5, 5.41) is 7.03. The first-order chi connectivity index (χ1) is 19.8. The van der Waals surface area contributed by atoms with Crippen molar-refractivity contribution >= 4 is 23.7 Å². The molecular formula is C26H24F8N6O2. The third-order valence-corrected chi connectivity index (χ3v) is 6.80. The zero-order valence-electron chi connectivity index (χ0n) is 21.6. The molecule has 1 saturated carbocycles. The highest BCUT2D eigenvalue weighted by atomic mass is 19.4. The molecule has 42 heavy (non-hydrogen) atoms. The van der Waals surface area contributed by atoms with Crippen LogP contribution in [0.1, 0.15) is 24.0 Å². The molecule has 0 bridgehead atoms. The van der Waals surface area contributed by atoms with Gasteiger partial charge in [-0.1, -0.05) is 12.1 Å². The lowest BCUT2D eigenvalue weighted by Crippen LogP contribution is -2.41. The summed E-state index contributed by atoms with van der Waals surface area (Å²) in [5.74, 6) is -1.39. The molecule has 0 aromatic heterocycles. The molecule has 2 aromatic rings. The van der Waals surface area contributed by atoms with E-state index in [-0.39, 0.29) is 23.1 Å². The average Bonchev–Trinajstić information content (AvgIpc) is 3.61. The van der Waals surface area contributed by atoms with Gasteiger partial charge in [-0.3, -0.25) is 0 Å². The third-order valence-electron chi connectivity index (χ3n) is 6.80. The van der Waals surface area contributed by atoms with Gasteiger partial charge >= 0.3 is 18.7 Å². The number of anilines is 1. The van der Waals surface area contributed by atoms with Crippen LogP contribution in [-0.2, 0) is 10.9 Å². The van der Waals surface area contributed by atoms with Crippen molar-refractivity contribution in [1.29, 1.82) is 0 Å². The summed E-state index contributed by atoms with van der Waals surface area (Å²) in [6.07, 6.45) is -11.5. The number of nitrogens with one attached hydrogen (secondary N) is 2. The molecule has 1 aliphatic carbocycles. The van der Waals surface area contributed by atoms with Crippen molar-refractivity contribution in [3.05, 3.63) is 59.4 Å². The van der Waals surface area contributed by atoms with Crippen LogP contribution in [-0.4, -0.2) is 67.4 Å². The second kappa shape index (κ2) is 11.4. The molecule has 2 atom stereocenters. The molecule has 2 aliphatic heterocycles. The van der Waals surface area contributed by atoms with Crippen LogP contribution in [0.5, 0.6) is 5.75 Å². The Morgan fingerprint density at radius 1 is 1.10 bits per heavy atom. The number of rotatable bonds is 7. The van der Waals surface area contributed by atoms with Gasteiger partial charge < -0.3 is 19.7 Å². The number of halogens is 8. The molecule has 8 nitrogen and oxygen atoms in total. The zero-order chi connectivity index (χ0) is 30.1. The molecule has 5 rings (SSSR count). The summed E-state index contributed by atoms with van der Waals surface area (Å²) in [6.45, 7) is 2.07. The molecule has 2 unspecified atom stereocenters. The second-order valence-electron chi connectivity index (χ2n) is 9.82. The molecule has 2 heterocycles. The minimum absolute atomic E-state index is 0.00929. The van der Waals surface area contributed by atoms with Crippen molar-refractivity contribution in [1.82, 2.24) is 10.3 Å². The number of benzene rings is 2. The monoisotopic (exact) mass is 604 g/mol. The maximum atomic E-state index is 13.8. The molecule has 0 radical (unpaired) electrons. The molecule has 2 N–H and O–H groups in total. The molecular weight excluding hydrogens is 580 g/mol. The Morgan fingerprint density at radius 2 is 1.86 bits per heavy atom. The minimum Gasteiger partial charge on any atom is -0.428 e. The zero-order valence-corrected chi connectivity index (χ0v) is 21.6. The maximum Gasteiger partial charge on any atom is 0.461 e. The lowest BCUT2D eigenvalue weighted by atomic mass is 10.1. The van der Waals surface area contributed by atoms with Gasteiger partial charge in [-0.15, -0.1) is 0 Å². The minimum atomic E-state index is -4.89. The first-order valence-electron chi connectivity index (χ1n) is 12.7. The highest BCUT2D eigenvalue weighted by Gasteiger charge is 2.57. The van der Waals surface area contributed by atoms with Crippen LogP contribution in [0.15, 0.2) is 57.6 Å². The molecule has 16 heteroatoms. The van der Waals surface area contributed by atoms with Gasteiger partial charge in [0.15, 0.2) is 0 Å². The lowest BCUT2D eigenvalue weighted by molar-refractivity contribution is -0.253. The summed E-state index contributed by atoms with van der Waals surface area (Å²) >= 11 is 0. The van der Waals surface area contributed by atoms with E-state index in [2.05, 4.69) is 30.6 Å². The first kappa shape index (κ1) is 29.5. The predicted octanol–water partition coefficient (Wildman–Crippen LogP) is 5.32. The number of guanidine groups is 1. The molecule has 2 fully saturated rings. The average molecular weight is 605 g/mol. The van der Waals surface area contributed by atoms with Gasteiger partial charge in [-0.2, -0.15) is 40.8 Å². The lowest BCUT2D eigenvalue weighted by Gasteiger charge is -2.29. The Balaban J connectivity index is 1.38. The van der Waals surface area contributed by atoms with Gasteiger partial charge in [0.1, 0.15) is 23.1 Å². The van der Waals surface area contributed by atoms with E-state index in [0.717, 1.165) is 18.2 Å². The van der Waals surface area contributed by atoms with Gasteiger partial charge in [0, 0.05) is 31.1 Å². The van der Waals surface area contributed by atoms with Crippen LogP contribution in [0.3, 0.4) is 0 Å². The normalized spacial score (nSPS) is 22.8. The number of hydrogen-bond acceptors (Lipinski definition) is 8. The maximum absolute atomic E-state index is 13.8. The Hall–Kier alpha value is -3.95. The van der Waals surface area contributed by atoms with Crippen LogP contribution >= 0.6 is 0 Å². The number of amidine groups is 1. The van der Waals surface area contributed by atoms with Crippen molar-refractivity contribution < 1.29 is 44.6 Å². The van der Waals surface area contributed by atoms with Crippen LogP contribution in [0.4, 0.5) is 40.8 Å². The number of hydrogen-bond donors (Lipinski definition) is 2. The third kappa shape index (κ3) is 6.74. The SMILES string of the molecule is Fc1ccc(NC23CC2CC(N2CCOCC2)=NC(N/N=C/c2cccc(OC(F)(F)C(F)F)c2)=N3)cc1C(F)(F)F. The van der Waals surface area contributed by atoms with Crippen molar-refractivity contribution in [2.75, 3.05) is 31.6 Å². The van der Waals surface area contributed by atoms with E-state index < -0.39 is 41.5 Å². The molecule has 0 spiro atoms. The first-order valence-corrected chi connectivity index (χ1v) is 12.7. The van der Waals surface area contributed by atoms with E-state index >= 15 is 0 Å². The summed E-state index contributed by atoms with van der Waals surface area (Å²) in [5.41, 5.74) is 0.440. The number of fused-ring (bicyclic) bond motifs is 1. The summed E-state index contributed by atoms with van der Waals surface area (Å²) < 4.78 is 115. The highest BCUT2D eigenvalue weighted by molar-refractivity contribution is 5.98. The Kier molecular flexibility index (Phi) is 8.00. The van der Waals surface area contributed by atoms with E-state index in [1.54, 1.807) is 0 Å².